The largest absolute Gasteiger partial charge is 0.274 e. The van der Waals surface area contributed by atoms with Gasteiger partial charge in [-0.05, 0) is 11.0 Å². The van der Waals surface area contributed by atoms with Gasteiger partial charge >= 0.3 is 0 Å². The molecule has 0 saturated carbocycles. The van der Waals surface area contributed by atoms with E-state index in [9.17, 15) is 0 Å². The van der Waals surface area contributed by atoms with Crippen molar-refractivity contribution in [2.75, 3.05) is 0 Å². The second-order valence-corrected chi connectivity index (χ2v) is 5.79. The molecule has 2 nitrogen and oxygen atoms in total. The number of nitrogens with one attached hydrogen (secondary N) is 1. The maximum absolute atomic E-state index is 3.98. The second-order valence-electron chi connectivity index (χ2n) is 5.79. The fraction of sp³-hybridized carbons (Fsp3) is 0.667. The van der Waals surface area contributed by atoms with Crippen molar-refractivity contribution >= 4 is 5.87 Å². The molecule has 0 bridgehead atoms. The Balaban J connectivity index is 3.24. The zero-order valence-electron chi connectivity index (χ0n) is 10.0. The first-order valence-corrected chi connectivity index (χ1v) is 5.02. The lowest BCUT2D eigenvalue weighted by atomic mass is 9.78. The summed E-state index contributed by atoms with van der Waals surface area (Å²) >= 11 is 0. The molecule has 0 amide bonds. The van der Waals surface area contributed by atoms with Crippen LogP contribution in [0.15, 0.2) is 22.4 Å². The van der Waals surface area contributed by atoms with Gasteiger partial charge in [0.25, 0.3) is 0 Å². The SMILES string of the molecule is CC(C)(C)C1=C(C(C)(C)C)NN=C=C1. The number of hydrogen-bond acceptors (Lipinski definition) is 2. The van der Waals surface area contributed by atoms with E-state index in [0.29, 0.717) is 0 Å². The van der Waals surface area contributed by atoms with Crippen LogP contribution >= 0.6 is 0 Å². The maximum Gasteiger partial charge on any atom is 0.0440 e. The Morgan fingerprint density at radius 3 is 2.00 bits per heavy atom. The van der Waals surface area contributed by atoms with Crippen molar-refractivity contribution in [2.24, 2.45) is 15.9 Å². The van der Waals surface area contributed by atoms with Crippen molar-refractivity contribution in [3.8, 4) is 0 Å². The van der Waals surface area contributed by atoms with Gasteiger partial charge in [0.05, 0.1) is 0 Å². The Kier molecular flexibility index (Phi) is 2.60. The molecule has 1 N–H and O–H groups in total. The molecule has 0 aromatic rings. The van der Waals surface area contributed by atoms with Crippen molar-refractivity contribution < 1.29 is 0 Å². The first kappa shape index (κ1) is 11.1. The Morgan fingerprint density at radius 1 is 1.07 bits per heavy atom. The smallest absolute Gasteiger partial charge is 0.0440 e. The molecule has 0 fully saturated rings. The van der Waals surface area contributed by atoms with E-state index in [-0.39, 0.29) is 10.8 Å². The topological polar surface area (TPSA) is 24.4 Å². The number of hydrogen-bond donors (Lipinski definition) is 1. The molecule has 78 valence electrons. The highest BCUT2D eigenvalue weighted by molar-refractivity contribution is 5.61. The first-order valence-electron chi connectivity index (χ1n) is 5.02. The highest BCUT2D eigenvalue weighted by Gasteiger charge is 2.27. The Labute approximate surface area is 86.8 Å². The summed E-state index contributed by atoms with van der Waals surface area (Å²) in [5.74, 6) is 2.87. The fourth-order valence-electron chi connectivity index (χ4n) is 1.48. The zero-order valence-corrected chi connectivity index (χ0v) is 10.0. The minimum absolute atomic E-state index is 0.102. The molecule has 0 aliphatic carbocycles. The molecule has 1 aliphatic rings. The molecular weight excluding hydrogens is 172 g/mol. The summed E-state index contributed by atoms with van der Waals surface area (Å²) in [7, 11) is 0. The minimum Gasteiger partial charge on any atom is -0.274 e. The maximum atomic E-state index is 3.98. The third-order valence-electron chi connectivity index (χ3n) is 2.27. The van der Waals surface area contributed by atoms with Crippen LogP contribution in [0.5, 0.6) is 0 Å². The van der Waals surface area contributed by atoms with Crippen molar-refractivity contribution in [2.45, 2.75) is 41.5 Å². The highest BCUT2D eigenvalue weighted by atomic mass is 15.3. The predicted molar refractivity (Wildman–Crippen MR) is 61.1 cm³/mol. The molecule has 0 radical (unpaired) electrons. The third kappa shape index (κ3) is 2.27. The molecule has 0 atom stereocenters. The fourth-order valence-corrected chi connectivity index (χ4v) is 1.48. The van der Waals surface area contributed by atoms with E-state index in [0.717, 1.165) is 0 Å². The van der Waals surface area contributed by atoms with E-state index < -0.39 is 0 Å². The van der Waals surface area contributed by atoms with Crippen molar-refractivity contribution in [3.05, 3.63) is 17.3 Å². The standard InChI is InChI=1S/C12H20N2/c1-11(2,3)9-7-8-13-14-10(9)12(4,5)6/h7,14H,1-6H3. The number of allylic oxidation sites excluding steroid dienone is 3. The number of rotatable bonds is 0. The minimum atomic E-state index is 0.102. The van der Waals surface area contributed by atoms with Crippen LogP contribution in [0.4, 0.5) is 0 Å². The second kappa shape index (κ2) is 3.29. The summed E-state index contributed by atoms with van der Waals surface area (Å²) < 4.78 is 0. The van der Waals surface area contributed by atoms with Gasteiger partial charge in [-0.3, -0.25) is 5.43 Å². The molecule has 0 aromatic heterocycles. The van der Waals surface area contributed by atoms with E-state index in [1.807, 2.05) is 6.08 Å². The van der Waals surface area contributed by atoms with E-state index in [1.54, 1.807) is 0 Å². The van der Waals surface area contributed by atoms with Gasteiger partial charge in [-0.1, -0.05) is 41.5 Å². The first-order chi connectivity index (χ1) is 6.23. The summed E-state index contributed by atoms with van der Waals surface area (Å²) in [4.78, 5) is 0. The summed E-state index contributed by atoms with van der Waals surface area (Å²) in [5, 5.41) is 3.98. The van der Waals surface area contributed by atoms with Crippen LogP contribution in [-0.4, -0.2) is 5.87 Å². The Hall–Kier alpha value is -1.01. The molecule has 0 unspecified atom stereocenters. The van der Waals surface area contributed by atoms with Gasteiger partial charge in [-0.2, -0.15) is 0 Å². The van der Waals surface area contributed by atoms with Gasteiger partial charge in [-0.25, -0.2) is 0 Å². The average molecular weight is 192 g/mol. The van der Waals surface area contributed by atoms with Crippen LogP contribution in [0.3, 0.4) is 0 Å². The van der Waals surface area contributed by atoms with Crippen LogP contribution in [0, 0.1) is 10.8 Å². The molecular formula is C12H20N2. The molecule has 14 heavy (non-hydrogen) atoms. The summed E-state index contributed by atoms with van der Waals surface area (Å²) in [6, 6.07) is 0. The van der Waals surface area contributed by atoms with Crippen molar-refractivity contribution in [3.63, 3.8) is 0 Å². The van der Waals surface area contributed by atoms with Crippen LogP contribution in [0.1, 0.15) is 41.5 Å². The van der Waals surface area contributed by atoms with Crippen molar-refractivity contribution in [1.29, 1.82) is 0 Å². The molecule has 1 rings (SSSR count). The van der Waals surface area contributed by atoms with E-state index >= 15 is 0 Å². The van der Waals surface area contributed by atoms with Crippen LogP contribution in [0.2, 0.25) is 0 Å². The van der Waals surface area contributed by atoms with E-state index in [2.05, 4.69) is 57.9 Å². The summed E-state index contributed by atoms with van der Waals surface area (Å²) in [6.07, 6.45) is 1.98. The van der Waals surface area contributed by atoms with Gasteiger partial charge in [0.2, 0.25) is 0 Å². The van der Waals surface area contributed by atoms with Crippen LogP contribution in [0.25, 0.3) is 0 Å². The summed E-state index contributed by atoms with van der Waals surface area (Å²) in [5.41, 5.74) is 5.81. The lowest BCUT2D eigenvalue weighted by Gasteiger charge is -2.31. The van der Waals surface area contributed by atoms with Gasteiger partial charge < -0.3 is 0 Å². The van der Waals surface area contributed by atoms with Gasteiger partial charge in [0, 0.05) is 23.1 Å². The van der Waals surface area contributed by atoms with Crippen molar-refractivity contribution in [1.82, 2.24) is 5.43 Å². The molecule has 2 heteroatoms. The van der Waals surface area contributed by atoms with E-state index in [4.69, 9.17) is 0 Å². The van der Waals surface area contributed by atoms with Crippen LogP contribution < -0.4 is 5.43 Å². The molecule has 1 aliphatic heterocycles. The quantitative estimate of drug-likeness (QED) is 0.626. The monoisotopic (exact) mass is 192 g/mol. The number of nitrogens with zero attached hydrogens (tertiary/aromatic N) is 1. The molecule has 0 spiro atoms. The van der Waals surface area contributed by atoms with Gasteiger partial charge in [0.15, 0.2) is 0 Å². The molecule has 0 saturated heterocycles. The van der Waals surface area contributed by atoms with E-state index in [1.165, 1.54) is 11.3 Å². The summed E-state index contributed by atoms with van der Waals surface area (Å²) in [6.45, 7) is 13.2. The van der Waals surface area contributed by atoms with Gasteiger partial charge in [0.1, 0.15) is 0 Å². The van der Waals surface area contributed by atoms with Crippen LogP contribution in [-0.2, 0) is 0 Å². The molecule has 1 heterocycles. The highest BCUT2D eigenvalue weighted by Crippen LogP contribution is 2.36. The zero-order chi connectivity index (χ0) is 11.0. The average Bonchev–Trinajstić information content (AvgIpc) is 2.01. The van der Waals surface area contributed by atoms with Gasteiger partial charge in [-0.15, -0.1) is 5.10 Å². The lowest BCUT2D eigenvalue weighted by molar-refractivity contribution is 0.423. The molecule has 0 aromatic carbocycles. The predicted octanol–water partition coefficient (Wildman–Crippen LogP) is 3.08. The Morgan fingerprint density at radius 2 is 1.64 bits per heavy atom. The Bertz CT molecular complexity index is 315. The third-order valence-corrected chi connectivity index (χ3v) is 2.27. The normalized spacial score (nSPS) is 17.3. The number of hydrazone groups is 1. The lowest BCUT2D eigenvalue weighted by Crippen LogP contribution is -2.28.